The summed E-state index contributed by atoms with van der Waals surface area (Å²) in [5.74, 6) is 0. The maximum Gasteiger partial charge on any atom is 0.330 e. The summed E-state index contributed by atoms with van der Waals surface area (Å²) in [6, 6.07) is 2.59. The van der Waals surface area contributed by atoms with Crippen LogP contribution in [0.15, 0.2) is 22.8 Å². The minimum absolute atomic E-state index is 0.317. The standard InChI is InChI=1S/C5H4N2O3/c6-5-4(7(8)9)2-1-3-10-5/h1-3,6H. The second-order valence-electron chi connectivity index (χ2n) is 1.58. The first-order valence-electron chi connectivity index (χ1n) is 2.48. The molecule has 0 saturated heterocycles. The number of hydrogen-bond acceptors (Lipinski definition) is 4. The zero-order valence-electron chi connectivity index (χ0n) is 4.90. The summed E-state index contributed by atoms with van der Waals surface area (Å²) in [6.07, 6.45) is 1.22. The highest BCUT2D eigenvalue weighted by Crippen LogP contribution is 1.99. The molecule has 0 bridgehead atoms. The van der Waals surface area contributed by atoms with E-state index in [2.05, 4.69) is 4.42 Å². The third-order valence-electron chi connectivity index (χ3n) is 0.948. The van der Waals surface area contributed by atoms with Gasteiger partial charge in [-0.15, -0.1) is 0 Å². The summed E-state index contributed by atoms with van der Waals surface area (Å²) in [5.41, 5.74) is -0.741. The number of nitro groups is 1. The van der Waals surface area contributed by atoms with Gasteiger partial charge in [-0.1, -0.05) is 0 Å². The molecule has 0 unspecified atom stereocenters. The molecule has 0 spiro atoms. The van der Waals surface area contributed by atoms with Crippen molar-refractivity contribution in [2.75, 3.05) is 0 Å². The van der Waals surface area contributed by atoms with Gasteiger partial charge in [0.25, 0.3) is 5.55 Å². The van der Waals surface area contributed by atoms with Crippen LogP contribution in [0, 0.1) is 15.5 Å². The van der Waals surface area contributed by atoms with Crippen LogP contribution in [-0.2, 0) is 0 Å². The predicted molar refractivity (Wildman–Crippen MR) is 31.2 cm³/mol. The van der Waals surface area contributed by atoms with Crippen LogP contribution in [0.1, 0.15) is 0 Å². The first-order valence-corrected chi connectivity index (χ1v) is 2.48. The molecule has 0 radical (unpaired) electrons. The summed E-state index contributed by atoms with van der Waals surface area (Å²) in [6.45, 7) is 0. The molecule has 0 saturated carbocycles. The lowest BCUT2D eigenvalue weighted by Crippen LogP contribution is -2.04. The summed E-state index contributed by atoms with van der Waals surface area (Å²) in [5, 5.41) is 16.9. The van der Waals surface area contributed by atoms with E-state index in [-0.39, 0.29) is 5.69 Å². The van der Waals surface area contributed by atoms with E-state index in [1.165, 1.54) is 18.4 Å². The Morgan fingerprint density at radius 1 is 1.70 bits per heavy atom. The summed E-state index contributed by atoms with van der Waals surface area (Å²) >= 11 is 0. The predicted octanol–water partition coefficient (Wildman–Crippen LogP) is 0.667. The Bertz CT molecular complexity index is 304. The monoisotopic (exact) mass is 140 g/mol. The van der Waals surface area contributed by atoms with E-state index in [0.717, 1.165) is 0 Å². The van der Waals surface area contributed by atoms with Gasteiger partial charge in [-0.05, 0) is 6.07 Å². The molecule has 1 aromatic rings. The molecule has 10 heavy (non-hydrogen) atoms. The van der Waals surface area contributed by atoms with E-state index in [9.17, 15) is 10.1 Å². The lowest BCUT2D eigenvalue weighted by atomic mass is 10.4. The second kappa shape index (κ2) is 2.30. The fraction of sp³-hybridized carbons (Fsp3) is 0. The zero-order valence-corrected chi connectivity index (χ0v) is 4.90. The largest absolute Gasteiger partial charge is 0.442 e. The van der Waals surface area contributed by atoms with Crippen LogP contribution in [0.5, 0.6) is 0 Å². The molecular weight excluding hydrogens is 136 g/mol. The normalized spacial score (nSPS) is 9.20. The lowest BCUT2D eigenvalue weighted by Gasteiger charge is -1.86. The Labute approximate surface area is 55.6 Å². The molecule has 5 heteroatoms. The van der Waals surface area contributed by atoms with Crippen molar-refractivity contribution in [2.24, 2.45) is 0 Å². The fourth-order valence-electron chi connectivity index (χ4n) is 0.518. The van der Waals surface area contributed by atoms with Gasteiger partial charge in [0, 0.05) is 6.07 Å². The summed E-state index contributed by atoms with van der Waals surface area (Å²) < 4.78 is 4.44. The number of nitrogens with one attached hydrogen (secondary N) is 1. The molecule has 0 fully saturated rings. The number of hydrogen-bond donors (Lipinski definition) is 1. The van der Waals surface area contributed by atoms with Gasteiger partial charge in [0.05, 0.1) is 11.2 Å². The molecule has 0 aliphatic heterocycles. The van der Waals surface area contributed by atoms with Crippen molar-refractivity contribution < 1.29 is 9.34 Å². The van der Waals surface area contributed by atoms with Crippen LogP contribution < -0.4 is 5.55 Å². The van der Waals surface area contributed by atoms with Crippen molar-refractivity contribution in [1.29, 1.82) is 5.41 Å². The van der Waals surface area contributed by atoms with Gasteiger partial charge < -0.3 is 4.42 Å². The molecular formula is C5H4N2O3. The van der Waals surface area contributed by atoms with Gasteiger partial charge in [0.15, 0.2) is 0 Å². The molecule has 0 atom stereocenters. The van der Waals surface area contributed by atoms with Crippen LogP contribution in [-0.4, -0.2) is 4.92 Å². The average Bonchev–Trinajstić information content (AvgIpc) is 1.88. The molecule has 0 aliphatic rings. The highest BCUT2D eigenvalue weighted by atomic mass is 16.6. The summed E-state index contributed by atoms with van der Waals surface area (Å²) in [7, 11) is 0. The fourth-order valence-corrected chi connectivity index (χ4v) is 0.518. The van der Waals surface area contributed by atoms with Gasteiger partial charge in [0.2, 0.25) is 0 Å². The van der Waals surface area contributed by atoms with Crippen LogP contribution >= 0.6 is 0 Å². The van der Waals surface area contributed by atoms with Crippen LogP contribution in [0.25, 0.3) is 0 Å². The smallest absolute Gasteiger partial charge is 0.330 e. The highest BCUT2D eigenvalue weighted by molar-refractivity contribution is 5.20. The van der Waals surface area contributed by atoms with Gasteiger partial charge in [-0.3, -0.25) is 15.5 Å². The van der Waals surface area contributed by atoms with Gasteiger partial charge in [-0.2, -0.15) is 0 Å². The Morgan fingerprint density at radius 3 is 2.80 bits per heavy atom. The van der Waals surface area contributed by atoms with Gasteiger partial charge >= 0.3 is 5.69 Å². The van der Waals surface area contributed by atoms with E-state index < -0.39 is 10.5 Å². The Kier molecular flexibility index (Phi) is 1.49. The molecule has 0 aromatic carbocycles. The third kappa shape index (κ3) is 1.02. The van der Waals surface area contributed by atoms with E-state index in [0.29, 0.717) is 0 Å². The second-order valence-corrected chi connectivity index (χ2v) is 1.58. The molecule has 1 N–H and O–H groups in total. The molecule has 1 heterocycles. The van der Waals surface area contributed by atoms with Crippen molar-refractivity contribution in [3.05, 3.63) is 34.1 Å². The first-order chi connectivity index (χ1) is 4.72. The maximum atomic E-state index is 10.0. The molecule has 52 valence electrons. The minimum Gasteiger partial charge on any atom is -0.442 e. The van der Waals surface area contributed by atoms with E-state index in [4.69, 9.17) is 5.41 Å². The lowest BCUT2D eigenvalue weighted by molar-refractivity contribution is -0.387. The van der Waals surface area contributed by atoms with Gasteiger partial charge in [0.1, 0.15) is 0 Å². The Morgan fingerprint density at radius 2 is 2.40 bits per heavy atom. The minimum atomic E-state index is -0.661. The molecule has 0 amide bonds. The van der Waals surface area contributed by atoms with Crippen LogP contribution in [0.3, 0.4) is 0 Å². The molecule has 5 nitrogen and oxygen atoms in total. The van der Waals surface area contributed by atoms with Gasteiger partial charge in [-0.25, -0.2) is 0 Å². The first kappa shape index (κ1) is 6.47. The molecule has 1 aromatic heterocycles. The van der Waals surface area contributed by atoms with Crippen molar-refractivity contribution in [3.8, 4) is 0 Å². The number of nitrogens with zero attached hydrogens (tertiary/aromatic N) is 1. The van der Waals surface area contributed by atoms with Crippen molar-refractivity contribution in [1.82, 2.24) is 0 Å². The van der Waals surface area contributed by atoms with Crippen molar-refractivity contribution >= 4 is 5.69 Å². The van der Waals surface area contributed by atoms with Crippen molar-refractivity contribution in [2.45, 2.75) is 0 Å². The van der Waals surface area contributed by atoms with E-state index in [1.54, 1.807) is 0 Å². The average molecular weight is 140 g/mol. The third-order valence-corrected chi connectivity index (χ3v) is 0.948. The van der Waals surface area contributed by atoms with Crippen LogP contribution in [0.4, 0.5) is 5.69 Å². The zero-order chi connectivity index (χ0) is 7.56. The van der Waals surface area contributed by atoms with Crippen LogP contribution in [0.2, 0.25) is 0 Å². The summed E-state index contributed by atoms with van der Waals surface area (Å²) in [4.78, 5) is 9.39. The van der Waals surface area contributed by atoms with E-state index >= 15 is 0 Å². The topological polar surface area (TPSA) is 80.1 Å². The highest BCUT2D eigenvalue weighted by Gasteiger charge is 2.07. The maximum absolute atomic E-state index is 10.0. The quantitative estimate of drug-likeness (QED) is 0.459. The van der Waals surface area contributed by atoms with Crippen molar-refractivity contribution in [3.63, 3.8) is 0 Å². The molecule has 0 aliphatic carbocycles. The number of rotatable bonds is 1. The SMILES string of the molecule is N=c1occcc1[N+](=O)[O-]. The Balaban J connectivity index is 3.29. The molecule has 1 rings (SSSR count). The van der Waals surface area contributed by atoms with E-state index in [1.807, 2.05) is 0 Å². The Hall–Kier alpha value is -1.65.